The van der Waals surface area contributed by atoms with Crippen LogP contribution in [0.5, 0.6) is 0 Å². The van der Waals surface area contributed by atoms with Gasteiger partial charge in [0.15, 0.2) is 11.6 Å². The normalized spacial score (nSPS) is 15.0. The second-order valence-corrected chi connectivity index (χ2v) is 14.9. The molecule has 0 aliphatic carbocycles. The van der Waals surface area contributed by atoms with Gasteiger partial charge in [-0.1, -0.05) is 164 Å². The summed E-state index contributed by atoms with van der Waals surface area (Å²) in [6.07, 6.45) is 0. The van der Waals surface area contributed by atoms with Crippen LogP contribution in [0.4, 0.5) is 0 Å². The molecule has 13 aromatic rings. The summed E-state index contributed by atoms with van der Waals surface area (Å²) in [6.45, 7) is 0. The van der Waals surface area contributed by atoms with Crippen LogP contribution in [-0.4, -0.2) is 24.1 Å². The standard InChI is InChI=1S/C57H35N5/c1-4-15-36(16-5-1)38-27-29-39(30-28-38)55-58-56(60-57(59-55)62-48-25-13-12-22-43(48)47-35-40(31-33-49(47)62)37-17-6-2-7-18-37)46-32-34-51-54-52(46)44-23-11-10-21-42(44)45-24-14-26-50(53(45)54)61(51)41-19-8-3-9-20-41/h1-35H/i1D,3D,4D,5D,8D,9D,15D,16D,19D,20D,27D,28D,29D,30D. The largest absolute Gasteiger partial charge is 0.309 e. The average Bonchev–Trinajstić information content (AvgIpc) is 3.99. The first-order valence-electron chi connectivity index (χ1n) is 26.9. The fourth-order valence-electron chi connectivity index (χ4n) is 8.99. The molecule has 0 fully saturated rings. The molecule has 0 saturated carbocycles. The molecular weight excluding hydrogens is 755 g/mol. The summed E-state index contributed by atoms with van der Waals surface area (Å²) in [4.78, 5) is 15.3. The number of hydrogen-bond acceptors (Lipinski definition) is 3. The molecule has 62 heavy (non-hydrogen) atoms. The topological polar surface area (TPSA) is 48.5 Å². The minimum atomic E-state index is -0.697. The molecule has 0 atom stereocenters. The van der Waals surface area contributed by atoms with Gasteiger partial charge < -0.3 is 4.57 Å². The van der Waals surface area contributed by atoms with Gasteiger partial charge in [0.05, 0.1) is 41.3 Å². The van der Waals surface area contributed by atoms with Gasteiger partial charge in [-0.25, -0.2) is 4.98 Å². The Kier molecular flexibility index (Phi) is 5.12. The Bertz CT molecular complexity index is 4620. The molecule has 0 aliphatic heterocycles. The summed E-state index contributed by atoms with van der Waals surface area (Å²) in [6, 6.07) is 32.4. The minimum Gasteiger partial charge on any atom is -0.309 e. The summed E-state index contributed by atoms with van der Waals surface area (Å²) < 4.78 is 128. The molecule has 288 valence electrons. The van der Waals surface area contributed by atoms with E-state index in [1.165, 1.54) is 0 Å². The van der Waals surface area contributed by atoms with Crippen LogP contribution in [0, 0.1) is 0 Å². The number of hydrogen-bond donors (Lipinski definition) is 0. The second kappa shape index (κ2) is 13.6. The van der Waals surface area contributed by atoms with Gasteiger partial charge in [-0.15, -0.1) is 0 Å². The monoisotopic (exact) mass is 803 g/mol. The van der Waals surface area contributed by atoms with Gasteiger partial charge in [-0.2, -0.15) is 9.97 Å². The molecule has 5 heteroatoms. The van der Waals surface area contributed by atoms with Crippen LogP contribution in [-0.2, 0) is 0 Å². The molecule has 5 nitrogen and oxygen atoms in total. The molecule has 0 saturated heterocycles. The first-order chi connectivity index (χ1) is 36.6. The van der Waals surface area contributed by atoms with Crippen LogP contribution in [0.2, 0.25) is 0 Å². The van der Waals surface area contributed by atoms with E-state index in [-0.39, 0.29) is 40.9 Å². The highest BCUT2D eigenvalue weighted by Gasteiger charge is 2.25. The summed E-state index contributed by atoms with van der Waals surface area (Å²) in [5.41, 5.74) is 3.60. The van der Waals surface area contributed by atoms with Crippen molar-refractivity contribution < 1.29 is 19.2 Å². The van der Waals surface area contributed by atoms with Crippen LogP contribution in [0.25, 0.3) is 122 Å². The fourth-order valence-corrected chi connectivity index (χ4v) is 8.99. The van der Waals surface area contributed by atoms with Crippen molar-refractivity contribution >= 4 is 65.2 Å². The van der Waals surface area contributed by atoms with E-state index in [0.717, 1.165) is 43.4 Å². The maximum atomic E-state index is 9.56. The maximum absolute atomic E-state index is 9.56. The van der Waals surface area contributed by atoms with E-state index in [2.05, 4.69) is 6.07 Å². The number of rotatable bonds is 6. The van der Waals surface area contributed by atoms with Crippen molar-refractivity contribution in [1.29, 1.82) is 0 Å². The summed E-state index contributed by atoms with van der Waals surface area (Å²) in [7, 11) is 0. The summed E-state index contributed by atoms with van der Waals surface area (Å²) >= 11 is 0. The summed E-state index contributed by atoms with van der Waals surface area (Å²) in [5.74, 6) is -0.132. The molecule has 0 unspecified atom stereocenters. The SMILES string of the molecule is [2H]c1c([2H])c([2H])c(-c2c([2H])c([2H])c(-c3nc(-c4ccc5c6c4c4ccccc4c4cccc(c46)n5-c4c([2H])c([2H])c([2H])c([2H])c4[2H])nc(-n4c5ccccc5c5cc(-c6ccccc6)ccc54)n3)c([2H])c2[2H])c([2H])c1[2H]. The third kappa shape index (κ3) is 5.18. The zero-order valence-electron chi connectivity index (χ0n) is 46.4. The van der Waals surface area contributed by atoms with Gasteiger partial charge in [-0.05, 0) is 86.9 Å². The molecule has 13 rings (SSSR count). The van der Waals surface area contributed by atoms with E-state index in [0.29, 0.717) is 38.4 Å². The second-order valence-electron chi connectivity index (χ2n) is 14.9. The highest BCUT2D eigenvalue weighted by atomic mass is 15.2. The minimum absolute atomic E-state index is 0.0327. The van der Waals surface area contributed by atoms with Crippen molar-refractivity contribution in [3.05, 3.63) is 212 Å². The van der Waals surface area contributed by atoms with Crippen molar-refractivity contribution in [2.75, 3.05) is 0 Å². The first kappa shape index (κ1) is 23.4. The fraction of sp³-hybridized carbons (Fsp3) is 0. The number of fused-ring (bicyclic) bond motifs is 6. The van der Waals surface area contributed by atoms with E-state index < -0.39 is 83.6 Å². The lowest BCUT2D eigenvalue weighted by molar-refractivity contribution is 0.954. The van der Waals surface area contributed by atoms with Crippen LogP contribution < -0.4 is 0 Å². The first-order valence-corrected chi connectivity index (χ1v) is 19.9. The van der Waals surface area contributed by atoms with Gasteiger partial charge in [-0.3, -0.25) is 4.57 Å². The number of aromatic nitrogens is 5. The number of benzene rings is 10. The predicted molar refractivity (Wildman–Crippen MR) is 256 cm³/mol. The molecule has 0 bridgehead atoms. The Balaban J connectivity index is 1.16. The quantitative estimate of drug-likeness (QED) is 0.157. The molecule has 10 aromatic carbocycles. The van der Waals surface area contributed by atoms with Gasteiger partial charge in [0.1, 0.15) is 0 Å². The third-order valence-electron chi connectivity index (χ3n) is 11.6. The van der Waals surface area contributed by atoms with Gasteiger partial charge in [0.2, 0.25) is 5.95 Å². The molecule has 3 heterocycles. The number of para-hydroxylation sites is 2. The molecule has 0 radical (unpaired) electrons. The van der Waals surface area contributed by atoms with Crippen molar-refractivity contribution in [3.8, 4) is 56.7 Å². The molecule has 0 spiro atoms. The average molecular weight is 804 g/mol. The van der Waals surface area contributed by atoms with Crippen LogP contribution in [0.15, 0.2) is 212 Å². The van der Waals surface area contributed by atoms with Crippen LogP contribution >= 0.6 is 0 Å². The van der Waals surface area contributed by atoms with E-state index in [4.69, 9.17) is 28.7 Å². The van der Waals surface area contributed by atoms with E-state index in [1.54, 1.807) is 16.7 Å². The van der Waals surface area contributed by atoms with Crippen molar-refractivity contribution in [2.45, 2.75) is 0 Å². The van der Waals surface area contributed by atoms with Crippen LogP contribution in [0.1, 0.15) is 19.2 Å². The van der Waals surface area contributed by atoms with Gasteiger partial charge >= 0.3 is 0 Å². The maximum Gasteiger partial charge on any atom is 0.238 e. The highest BCUT2D eigenvalue weighted by Crippen LogP contribution is 2.47. The predicted octanol–water partition coefficient (Wildman–Crippen LogP) is 14.5. The Labute approximate surface area is 376 Å². The van der Waals surface area contributed by atoms with E-state index in [1.807, 2.05) is 114 Å². The lowest BCUT2D eigenvalue weighted by Crippen LogP contribution is -2.06. The molecule has 0 N–H and O–H groups in total. The number of nitrogens with zero attached hydrogens (tertiary/aromatic N) is 5. The van der Waals surface area contributed by atoms with Gasteiger partial charge in [0, 0.05) is 43.7 Å². The molecule has 0 amide bonds. The van der Waals surface area contributed by atoms with Crippen LogP contribution in [0.3, 0.4) is 0 Å². The third-order valence-corrected chi connectivity index (χ3v) is 11.6. The Morgan fingerprint density at radius 3 is 1.76 bits per heavy atom. The van der Waals surface area contributed by atoms with Crippen molar-refractivity contribution in [1.82, 2.24) is 24.1 Å². The Morgan fingerprint density at radius 2 is 0.935 bits per heavy atom. The van der Waals surface area contributed by atoms with Gasteiger partial charge in [0.25, 0.3) is 0 Å². The summed E-state index contributed by atoms with van der Waals surface area (Å²) in [5, 5.41) is 6.23. The highest BCUT2D eigenvalue weighted by molar-refractivity contribution is 6.36. The lowest BCUT2D eigenvalue weighted by Gasteiger charge is -2.15. The zero-order chi connectivity index (χ0) is 52.9. The molecule has 3 aromatic heterocycles. The zero-order valence-corrected chi connectivity index (χ0v) is 32.4. The smallest absolute Gasteiger partial charge is 0.238 e. The van der Waals surface area contributed by atoms with Crippen molar-refractivity contribution in [2.24, 2.45) is 0 Å². The Hall–Kier alpha value is -8.41. The Morgan fingerprint density at radius 1 is 0.339 bits per heavy atom. The van der Waals surface area contributed by atoms with E-state index in [9.17, 15) is 5.48 Å². The molecular formula is C57H35N5. The lowest BCUT2D eigenvalue weighted by atomic mass is 9.91. The van der Waals surface area contributed by atoms with E-state index >= 15 is 0 Å². The molecule has 0 aliphatic rings. The van der Waals surface area contributed by atoms with Crippen molar-refractivity contribution in [3.63, 3.8) is 0 Å².